The molecule has 1 aromatic rings. The lowest BCUT2D eigenvalue weighted by Gasteiger charge is -2.32. The summed E-state index contributed by atoms with van der Waals surface area (Å²) < 4.78 is 0. The molecule has 186 valence electrons. The third-order valence-corrected chi connectivity index (χ3v) is 5.93. The molecule has 11 heteroatoms. The summed E-state index contributed by atoms with van der Waals surface area (Å²) in [4.78, 5) is 49.6. The summed E-state index contributed by atoms with van der Waals surface area (Å²) in [5.74, 6) is -3.93. The zero-order valence-electron chi connectivity index (χ0n) is 19.4. The van der Waals surface area contributed by atoms with E-state index in [4.69, 9.17) is 16.2 Å². The predicted molar refractivity (Wildman–Crippen MR) is 124 cm³/mol. The zero-order chi connectivity index (χ0) is 25.4. The van der Waals surface area contributed by atoms with Gasteiger partial charge in [0, 0.05) is 18.7 Å². The number of benzene rings is 1. The summed E-state index contributed by atoms with van der Waals surface area (Å²) in [7, 11) is 0. The zero-order valence-corrected chi connectivity index (χ0v) is 19.4. The van der Waals surface area contributed by atoms with E-state index in [0.29, 0.717) is 5.92 Å². The minimum Gasteiger partial charge on any atom is -0.481 e. The largest absolute Gasteiger partial charge is 0.481 e. The van der Waals surface area contributed by atoms with Crippen LogP contribution in [-0.4, -0.2) is 70.0 Å². The number of carbonyl (C=O) groups is 4. The Morgan fingerprint density at radius 3 is 2.15 bits per heavy atom. The Morgan fingerprint density at radius 1 is 1.09 bits per heavy atom. The van der Waals surface area contributed by atoms with Crippen molar-refractivity contribution in [2.45, 2.75) is 51.6 Å². The number of hydrogen-bond donors (Lipinski definition) is 6. The fourth-order valence-electron chi connectivity index (χ4n) is 3.90. The minimum atomic E-state index is -1.42. The molecule has 7 N–H and O–H groups in total. The average Bonchev–Trinajstić information content (AvgIpc) is 2.76. The highest BCUT2D eigenvalue weighted by Gasteiger charge is 2.30. The number of rotatable bonds is 10. The maximum atomic E-state index is 12.7. The van der Waals surface area contributed by atoms with Crippen LogP contribution in [0.5, 0.6) is 0 Å². The summed E-state index contributed by atoms with van der Waals surface area (Å²) in [5, 5.41) is 30.6. The van der Waals surface area contributed by atoms with Gasteiger partial charge in [0.1, 0.15) is 12.1 Å². The van der Waals surface area contributed by atoms with E-state index in [9.17, 15) is 24.3 Å². The number of nitrogens with zero attached hydrogens (tertiary/aromatic N) is 1. The van der Waals surface area contributed by atoms with Crippen LogP contribution in [0.1, 0.15) is 49.0 Å². The number of nitrogens with two attached hydrogens (primary N) is 1. The Bertz CT molecular complexity index is 909. The van der Waals surface area contributed by atoms with Crippen LogP contribution in [0.4, 0.5) is 0 Å². The van der Waals surface area contributed by atoms with Crippen molar-refractivity contribution in [3.05, 3.63) is 35.4 Å². The second-order valence-corrected chi connectivity index (χ2v) is 8.91. The van der Waals surface area contributed by atoms with Crippen molar-refractivity contribution in [2.75, 3.05) is 13.1 Å². The van der Waals surface area contributed by atoms with Gasteiger partial charge in [-0.05, 0) is 48.8 Å². The number of nitrogens with one attached hydrogen (secondary N) is 3. The molecule has 2 amide bonds. The molecular formula is C23H33N5O6. The third-order valence-electron chi connectivity index (χ3n) is 5.93. The number of aliphatic carboxylic acids is 2. The molecule has 0 radical (unpaired) electrons. The minimum absolute atomic E-state index is 0.0892. The van der Waals surface area contributed by atoms with Gasteiger partial charge in [0.15, 0.2) is 5.96 Å². The molecule has 0 spiro atoms. The molecule has 34 heavy (non-hydrogen) atoms. The van der Waals surface area contributed by atoms with Crippen LogP contribution in [-0.2, 0) is 20.8 Å². The van der Waals surface area contributed by atoms with Gasteiger partial charge in [-0.25, -0.2) is 4.79 Å². The van der Waals surface area contributed by atoms with Crippen LogP contribution in [0.2, 0.25) is 0 Å². The van der Waals surface area contributed by atoms with Gasteiger partial charge in [-0.3, -0.25) is 19.8 Å². The molecular weight excluding hydrogens is 442 g/mol. The Hall–Kier alpha value is -3.63. The smallest absolute Gasteiger partial charge is 0.326 e. The second kappa shape index (κ2) is 12.0. The molecule has 0 bridgehead atoms. The molecule has 2 atom stereocenters. The van der Waals surface area contributed by atoms with E-state index in [1.807, 2.05) is 17.0 Å². The number of hydrogen-bond acceptors (Lipinski definition) is 5. The number of amides is 2. The van der Waals surface area contributed by atoms with Gasteiger partial charge in [0.05, 0.1) is 6.42 Å². The van der Waals surface area contributed by atoms with Crippen LogP contribution in [0.25, 0.3) is 0 Å². The number of carbonyl (C=O) groups excluding carboxylic acids is 2. The Kier molecular flexibility index (Phi) is 9.40. The van der Waals surface area contributed by atoms with Crippen molar-refractivity contribution in [2.24, 2.45) is 17.6 Å². The van der Waals surface area contributed by atoms with E-state index in [2.05, 4.69) is 10.6 Å². The lowest BCUT2D eigenvalue weighted by Crippen LogP contribution is -2.53. The number of carboxylic acids is 2. The van der Waals surface area contributed by atoms with Crippen LogP contribution < -0.4 is 16.4 Å². The normalized spacial score (nSPS) is 15.9. The number of guanidine groups is 1. The first-order chi connectivity index (χ1) is 16.0. The fourth-order valence-corrected chi connectivity index (χ4v) is 3.90. The molecule has 0 aliphatic carbocycles. The summed E-state index contributed by atoms with van der Waals surface area (Å²) in [6, 6.07) is 4.23. The van der Waals surface area contributed by atoms with Gasteiger partial charge in [-0.1, -0.05) is 26.0 Å². The van der Waals surface area contributed by atoms with Gasteiger partial charge in [0.2, 0.25) is 5.91 Å². The molecule has 11 nitrogen and oxygen atoms in total. The van der Waals surface area contributed by atoms with E-state index in [1.54, 1.807) is 26.0 Å². The molecule has 1 fully saturated rings. The van der Waals surface area contributed by atoms with Gasteiger partial charge >= 0.3 is 11.9 Å². The molecule has 2 rings (SSSR count). The first kappa shape index (κ1) is 26.6. The van der Waals surface area contributed by atoms with Crippen molar-refractivity contribution in [3.8, 4) is 0 Å². The number of carboxylic acid groups (broad SMARTS) is 2. The van der Waals surface area contributed by atoms with Gasteiger partial charge in [-0.2, -0.15) is 0 Å². The third kappa shape index (κ3) is 7.75. The average molecular weight is 476 g/mol. The predicted octanol–water partition coefficient (Wildman–Crippen LogP) is 0.633. The van der Waals surface area contributed by atoms with Crippen molar-refractivity contribution in [3.63, 3.8) is 0 Å². The van der Waals surface area contributed by atoms with Crippen LogP contribution in [0, 0.1) is 17.2 Å². The lowest BCUT2D eigenvalue weighted by molar-refractivity contribution is -0.144. The number of likely N-dealkylation sites (tertiary alicyclic amines) is 1. The topological polar surface area (TPSA) is 186 Å². The highest BCUT2D eigenvalue weighted by Crippen LogP contribution is 2.21. The standard InChI is InChI=1S/C23H33N5O6/c1-13(2)19(22(33)34)27-21(32)17(12-18(29)30)26-20(31)16-5-3-14(4-6-16)11-15-7-9-28(10-8-15)23(24)25/h3-6,13,15,17,19H,7-12H2,1-2H3,(H3,24,25)(H,26,31)(H,27,32)(H,29,30)(H,33,34)/t17-,19+/m0/s1. The first-order valence-electron chi connectivity index (χ1n) is 11.2. The summed E-state index contributed by atoms with van der Waals surface area (Å²) in [6.45, 7) is 4.70. The fraction of sp³-hybridized carbons (Fsp3) is 0.522. The molecule has 0 unspecified atom stereocenters. The Morgan fingerprint density at radius 2 is 1.68 bits per heavy atom. The van der Waals surface area contributed by atoms with E-state index < -0.39 is 48.2 Å². The highest BCUT2D eigenvalue weighted by atomic mass is 16.4. The van der Waals surface area contributed by atoms with E-state index in [-0.39, 0.29) is 11.5 Å². The van der Waals surface area contributed by atoms with Gasteiger partial charge < -0.3 is 31.5 Å². The molecule has 1 aliphatic rings. The van der Waals surface area contributed by atoms with Crippen molar-refractivity contribution in [1.29, 1.82) is 5.41 Å². The van der Waals surface area contributed by atoms with Crippen molar-refractivity contribution < 1.29 is 29.4 Å². The lowest BCUT2D eigenvalue weighted by atomic mass is 9.90. The maximum Gasteiger partial charge on any atom is 0.326 e. The Balaban J connectivity index is 1.99. The monoisotopic (exact) mass is 475 g/mol. The first-order valence-corrected chi connectivity index (χ1v) is 11.2. The Labute approximate surface area is 198 Å². The quantitative estimate of drug-likeness (QED) is 0.210. The van der Waals surface area contributed by atoms with Crippen molar-refractivity contribution in [1.82, 2.24) is 15.5 Å². The van der Waals surface area contributed by atoms with Crippen LogP contribution in [0.15, 0.2) is 24.3 Å². The van der Waals surface area contributed by atoms with E-state index in [0.717, 1.165) is 37.9 Å². The maximum absolute atomic E-state index is 12.7. The van der Waals surface area contributed by atoms with E-state index in [1.165, 1.54) is 0 Å². The molecule has 0 aromatic heterocycles. The van der Waals surface area contributed by atoms with Crippen LogP contribution in [0.3, 0.4) is 0 Å². The molecule has 1 aliphatic heterocycles. The molecule has 1 aromatic carbocycles. The summed E-state index contributed by atoms with van der Waals surface area (Å²) >= 11 is 0. The summed E-state index contributed by atoms with van der Waals surface area (Å²) in [6.07, 6.45) is 1.98. The second-order valence-electron chi connectivity index (χ2n) is 8.91. The number of piperidine rings is 1. The molecule has 0 saturated carbocycles. The molecule has 1 saturated heterocycles. The van der Waals surface area contributed by atoms with Gasteiger partial charge in [-0.15, -0.1) is 0 Å². The highest BCUT2D eigenvalue weighted by molar-refractivity contribution is 5.99. The molecule has 1 heterocycles. The van der Waals surface area contributed by atoms with Crippen LogP contribution >= 0.6 is 0 Å². The van der Waals surface area contributed by atoms with Gasteiger partial charge in [0.25, 0.3) is 5.91 Å². The van der Waals surface area contributed by atoms with Crippen molar-refractivity contribution >= 4 is 29.7 Å². The SMILES string of the molecule is CC(C)[C@@H](NC(=O)[C@H](CC(=O)O)NC(=O)c1ccc(CC2CCN(C(=N)N)CC2)cc1)C(=O)O. The summed E-state index contributed by atoms with van der Waals surface area (Å²) in [5.41, 5.74) is 6.83. The van der Waals surface area contributed by atoms with E-state index >= 15 is 0 Å².